The minimum atomic E-state index is -0.298. The van der Waals surface area contributed by atoms with Gasteiger partial charge < -0.3 is 9.47 Å². The highest BCUT2D eigenvalue weighted by Crippen LogP contribution is 2.42. The molecule has 2 aliphatic carbocycles. The number of fused-ring (bicyclic) bond motifs is 1. The quantitative estimate of drug-likeness (QED) is 0.329. The summed E-state index contributed by atoms with van der Waals surface area (Å²) in [6.45, 7) is 2.16. The van der Waals surface area contributed by atoms with E-state index in [1.807, 2.05) is 30.3 Å². The molecule has 39 heavy (non-hydrogen) atoms. The summed E-state index contributed by atoms with van der Waals surface area (Å²) in [5.74, 6) is 1.34. The summed E-state index contributed by atoms with van der Waals surface area (Å²) < 4.78 is 52.6. The van der Waals surface area contributed by atoms with E-state index in [4.69, 9.17) is 9.47 Å². The van der Waals surface area contributed by atoms with Crippen molar-refractivity contribution in [1.82, 2.24) is 4.90 Å². The van der Waals surface area contributed by atoms with Crippen LogP contribution in [-0.4, -0.2) is 44.4 Å². The third kappa shape index (κ3) is 6.25. The molecule has 1 aliphatic heterocycles. The minimum Gasteiger partial charge on any atom is -0.497 e. The van der Waals surface area contributed by atoms with Crippen LogP contribution in [0, 0.1) is 0 Å². The van der Waals surface area contributed by atoms with Crippen LogP contribution in [0.3, 0.4) is 0 Å². The molecule has 1 saturated heterocycles. The summed E-state index contributed by atoms with van der Waals surface area (Å²) in [7, 11) is 1.58. The molecule has 4 nitrogen and oxygen atoms in total. The topological polar surface area (TPSA) is 30.9 Å². The molecular weight excluding hydrogens is 503 g/mol. The summed E-state index contributed by atoms with van der Waals surface area (Å²) >= 11 is 0. The first-order valence-corrected chi connectivity index (χ1v) is 13.6. The Morgan fingerprint density at radius 2 is 1.85 bits per heavy atom. The molecular formula is C32H34F3NO3. The number of likely N-dealkylation sites (tertiary alicyclic amines) is 1. The van der Waals surface area contributed by atoms with Crippen LogP contribution in [0.4, 0.5) is 13.3 Å². The number of rotatable bonds is 9. The van der Waals surface area contributed by atoms with Crippen LogP contribution < -0.4 is 9.68 Å². The van der Waals surface area contributed by atoms with Crippen LogP contribution in [0.5, 0.6) is 11.5 Å². The van der Waals surface area contributed by atoms with Gasteiger partial charge in [0.1, 0.15) is 23.4 Å². The zero-order valence-electron chi connectivity index (χ0n) is 22.2. The first-order chi connectivity index (χ1) is 19.1. The summed E-state index contributed by atoms with van der Waals surface area (Å²) in [5.41, 5.74) is 5.23. The van der Waals surface area contributed by atoms with Crippen LogP contribution in [0.2, 0.25) is 0 Å². The molecule has 1 fully saturated rings. The van der Waals surface area contributed by atoms with Gasteiger partial charge in [-0.05, 0) is 102 Å². The number of ether oxygens (including phenoxy) is 2. The average molecular weight is 538 g/mol. The second kappa shape index (κ2) is 12.6. The van der Waals surface area contributed by atoms with Crippen LogP contribution in [-0.2, 0) is 11.2 Å². The zero-order chi connectivity index (χ0) is 27.2. The van der Waals surface area contributed by atoms with E-state index in [9.17, 15) is 8.92 Å². The highest BCUT2D eigenvalue weighted by Gasteiger charge is 2.25. The summed E-state index contributed by atoms with van der Waals surface area (Å²) in [4.78, 5) is 6.25. The number of nitrogens with zero attached hydrogens (tertiary/aromatic N) is 1. The Hall–Kier alpha value is -3.45. The van der Waals surface area contributed by atoms with Gasteiger partial charge in [-0.1, -0.05) is 18.2 Å². The van der Waals surface area contributed by atoms with Gasteiger partial charge in [-0.3, -0.25) is 14.2 Å². The lowest BCUT2D eigenvalue weighted by atomic mass is 9.87. The Labute approximate surface area is 228 Å². The van der Waals surface area contributed by atoms with Crippen LogP contribution >= 0.6 is 0 Å². The standard InChI is InChI=1S/C32H34F3NO3/c1-37-24-10-14-29(31(34)15-12-24)30-5-2-4-23-20-26(39-35)11-13-28(23)32(30)22-6-8-25(9-7-22)38-27-16-19-36(21-27)18-3-17-33/h6-14,20,27H,2-5,15-19,21H2,1H3/t27-/m0/s1. The Morgan fingerprint density at radius 3 is 2.62 bits per heavy atom. The molecule has 3 aliphatic rings. The van der Waals surface area contributed by atoms with Crippen LogP contribution in [0.25, 0.3) is 5.57 Å². The molecule has 0 spiro atoms. The number of hydrogen-bond donors (Lipinski definition) is 0. The number of aryl methyl sites for hydroxylation is 1. The van der Waals surface area contributed by atoms with Gasteiger partial charge in [0.2, 0.25) is 0 Å². The van der Waals surface area contributed by atoms with Gasteiger partial charge in [0.25, 0.3) is 0 Å². The lowest BCUT2D eigenvalue weighted by Gasteiger charge is -2.19. The molecule has 2 aromatic rings. The van der Waals surface area contributed by atoms with Crippen molar-refractivity contribution in [2.24, 2.45) is 0 Å². The SMILES string of the molecule is COC1=CCC(F)=C(C2=C(c3ccc(O[C@H]4CCN(CCCF)C4)cc3)c3ccc(OF)cc3CCC2)C=C1. The number of methoxy groups -OCH3 is 1. The van der Waals surface area contributed by atoms with Gasteiger partial charge in [-0.2, -0.15) is 0 Å². The maximum absolute atomic E-state index is 15.5. The van der Waals surface area contributed by atoms with Gasteiger partial charge in [0, 0.05) is 36.2 Å². The third-order valence-electron chi connectivity index (χ3n) is 7.64. The number of benzene rings is 2. The van der Waals surface area contributed by atoms with Gasteiger partial charge in [0.15, 0.2) is 5.75 Å². The fourth-order valence-corrected chi connectivity index (χ4v) is 5.72. The molecule has 0 unspecified atom stereocenters. The Bertz CT molecular complexity index is 1300. The first-order valence-electron chi connectivity index (χ1n) is 13.6. The highest BCUT2D eigenvalue weighted by molar-refractivity contribution is 5.87. The van der Waals surface area contributed by atoms with E-state index in [1.165, 1.54) is 0 Å². The van der Waals surface area contributed by atoms with E-state index in [-0.39, 0.29) is 30.8 Å². The van der Waals surface area contributed by atoms with E-state index in [1.54, 1.807) is 37.5 Å². The number of hydrogen-bond acceptors (Lipinski definition) is 4. The van der Waals surface area contributed by atoms with Crippen molar-refractivity contribution in [3.05, 3.63) is 100 Å². The van der Waals surface area contributed by atoms with Crippen molar-refractivity contribution in [3.63, 3.8) is 0 Å². The summed E-state index contributed by atoms with van der Waals surface area (Å²) in [5, 5.41) is 0. The first kappa shape index (κ1) is 27.1. The van der Waals surface area contributed by atoms with Gasteiger partial charge >= 0.3 is 0 Å². The van der Waals surface area contributed by atoms with Crippen molar-refractivity contribution < 1.29 is 27.7 Å². The molecule has 0 saturated carbocycles. The maximum Gasteiger partial charge on any atom is 0.172 e. The Morgan fingerprint density at radius 1 is 1.03 bits per heavy atom. The highest BCUT2D eigenvalue weighted by atomic mass is 19.3. The smallest absolute Gasteiger partial charge is 0.172 e. The molecule has 0 amide bonds. The van der Waals surface area contributed by atoms with E-state index >= 15 is 4.39 Å². The maximum atomic E-state index is 15.5. The van der Waals surface area contributed by atoms with Crippen molar-refractivity contribution in [3.8, 4) is 11.5 Å². The molecule has 1 atom stereocenters. The zero-order valence-corrected chi connectivity index (χ0v) is 22.2. The van der Waals surface area contributed by atoms with E-state index in [2.05, 4.69) is 9.84 Å². The van der Waals surface area contributed by atoms with Gasteiger partial charge in [-0.25, -0.2) is 4.39 Å². The number of alkyl halides is 1. The molecule has 7 heteroatoms. The van der Waals surface area contributed by atoms with Crippen LogP contribution in [0.1, 0.15) is 48.8 Å². The Balaban J connectivity index is 1.50. The normalized spacial score (nSPS) is 19.9. The fourth-order valence-electron chi connectivity index (χ4n) is 5.72. The van der Waals surface area contributed by atoms with Crippen LogP contribution in [0.15, 0.2) is 83.4 Å². The number of halogens is 3. The van der Waals surface area contributed by atoms with Crippen molar-refractivity contribution in [1.29, 1.82) is 0 Å². The summed E-state index contributed by atoms with van der Waals surface area (Å²) in [6, 6.07) is 13.1. The van der Waals surface area contributed by atoms with Crippen molar-refractivity contribution in [2.45, 2.75) is 44.6 Å². The molecule has 206 valence electrons. The number of allylic oxidation sites excluding steroid dienone is 6. The average Bonchev–Trinajstić information content (AvgIpc) is 3.21. The Kier molecular flexibility index (Phi) is 8.77. The largest absolute Gasteiger partial charge is 0.497 e. The molecule has 0 radical (unpaired) electrons. The fraction of sp³-hybridized carbons (Fsp3) is 0.375. The molecule has 0 bridgehead atoms. The second-order valence-electron chi connectivity index (χ2n) is 10.2. The summed E-state index contributed by atoms with van der Waals surface area (Å²) in [6.07, 6.45) is 9.20. The lowest BCUT2D eigenvalue weighted by molar-refractivity contribution is -0.00629. The van der Waals surface area contributed by atoms with Gasteiger partial charge in [0.05, 0.1) is 13.8 Å². The van der Waals surface area contributed by atoms with E-state index in [0.29, 0.717) is 24.2 Å². The molecule has 5 rings (SSSR count). The predicted molar refractivity (Wildman–Crippen MR) is 147 cm³/mol. The second-order valence-corrected chi connectivity index (χ2v) is 10.2. The van der Waals surface area contributed by atoms with E-state index < -0.39 is 0 Å². The molecule has 0 aromatic heterocycles. The van der Waals surface area contributed by atoms with Crippen molar-refractivity contribution >= 4 is 5.57 Å². The third-order valence-corrected chi connectivity index (χ3v) is 7.64. The monoisotopic (exact) mass is 537 g/mol. The lowest BCUT2D eigenvalue weighted by Crippen LogP contribution is -2.26. The molecule has 0 N–H and O–H groups in total. The van der Waals surface area contributed by atoms with Crippen molar-refractivity contribution in [2.75, 3.05) is 33.4 Å². The minimum absolute atomic E-state index is 0.0702. The van der Waals surface area contributed by atoms with E-state index in [0.717, 1.165) is 72.5 Å². The molecule has 2 aromatic carbocycles. The predicted octanol–water partition coefficient (Wildman–Crippen LogP) is 7.61. The molecule has 1 heterocycles. The van der Waals surface area contributed by atoms with Gasteiger partial charge in [-0.15, -0.1) is 0 Å².